The third-order valence-corrected chi connectivity index (χ3v) is 3.30. The van der Waals surface area contributed by atoms with E-state index < -0.39 is 5.60 Å². The summed E-state index contributed by atoms with van der Waals surface area (Å²) in [6, 6.07) is 0.302. The number of methoxy groups -OCH3 is 1. The summed E-state index contributed by atoms with van der Waals surface area (Å²) in [6.07, 6.45) is 4.72. The molecule has 4 nitrogen and oxygen atoms in total. The summed E-state index contributed by atoms with van der Waals surface area (Å²) in [6.45, 7) is 5.66. The molecule has 2 fully saturated rings. The zero-order chi connectivity index (χ0) is 12.6. The molecule has 0 N–H and O–H groups in total. The fourth-order valence-electron chi connectivity index (χ4n) is 2.71. The van der Waals surface area contributed by atoms with Crippen molar-refractivity contribution < 1.29 is 14.3 Å². The number of allylic oxidation sites excluding steroid dienone is 1. The van der Waals surface area contributed by atoms with Crippen molar-refractivity contribution in [3.05, 3.63) is 12.0 Å². The lowest BCUT2D eigenvalue weighted by Gasteiger charge is -2.31. The second-order valence-electron chi connectivity index (χ2n) is 5.79. The Balaban J connectivity index is 2.14. The van der Waals surface area contributed by atoms with Crippen molar-refractivity contribution in [3.8, 4) is 0 Å². The molecule has 1 saturated heterocycles. The van der Waals surface area contributed by atoms with Gasteiger partial charge in [0.25, 0.3) is 0 Å². The highest BCUT2D eigenvalue weighted by molar-refractivity contribution is 5.72. The Labute approximate surface area is 103 Å². The topological polar surface area (TPSA) is 38.8 Å². The molecule has 0 aromatic rings. The first-order valence-electron chi connectivity index (χ1n) is 6.17. The van der Waals surface area contributed by atoms with Gasteiger partial charge in [-0.3, -0.25) is 4.90 Å². The van der Waals surface area contributed by atoms with E-state index in [-0.39, 0.29) is 6.09 Å². The Morgan fingerprint density at radius 2 is 2.12 bits per heavy atom. The van der Waals surface area contributed by atoms with Crippen LogP contribution >= 0.6 is 0 Å². The number of likely N-dealkylation sites (tertiary alicyclic amines) is 1. The van der Waals surface area contributed by atoms with Crippen LogP contribution in [0, 0.1) is 5.92 Å². The molecule has 2 bridgehead atoms. The number of rotatable bonds is 1. The first-order chi connectivity index (χ1) is 7.92. The van der Waals surface area contributed by atoms with Crippen LogP contribution in [-0.4, -0.2) is 29.7 Å². The molecule has 0 aromatic carbocycles. The largest absolute Gasteiger partial charge is 0.503 e. The second kappa shape index (κ2) is 4.24. The Kier molecular flexibility index (Phi) is 3.06. The van der Waals surface area contributed by atoms with Gasteiger partial charge in [-0.1, -0.05) is 0 Å². The number of amides is 1. The summed E-state index contributed by atoms with van der Waals surface area (Å²) in [5.74, 6) is 0.465. The fraction of sp³-hybridized carbons (Fsp3) is 0.769. The maximum absolute atomic E-state index is 12.1. The summed E-state index contributed by atoms with van der Waals surface area (Å²) in [5, 5.41) is 0. The van der Waals surface area contributed by atoms with Gasteiger partial charge in [0, 0.05) is 12.0 Å². The molecule has 2 unspecified atom stereocenters. The van der Waals surface area contributed by atoms with E-state index in [1.807, 2.05) is 20.8 Å². The van der Waals surface area contributed by atoms with Crippen LogP contribution in [0.2, 0.25) is 0 Å². The van der Waals surface area contributed by atoms with Crippen molar-refractivity contribution in [3.63, 3.8) is 0 Å². The molecule has 2 aliphatic rings. The van der Waals surface area contributed by atoms with Gasteiger partial charge in [0.05, 0.1) is 12.8 Å². The van der Waals surface area contributed by atoms with Crippen LogP contribution in [0.5, 0.6) is 0 Å². The van der Waals surface area contributed by atoms with Gasteiger partial charge in [-0.15, -0.1) is 0 Å². The minimum atomic E-state index is -0.447. The first kappa shape index (κ1) is 12.3. The van der Waals surface area contributed by atoms with Crippen molar-refractivity contribution in [1.82, 2.24) is 4.90 Å². The van der Waals surface area contributed by atoms with E-state index in [1.165, 1.54) is 0 Å². The molecular formula is C13H21NO3. The Bertz CT molecular complexity index is 343. The lowest BCUT2D eigenvalue weighted by molar-refractivity contribution is 0.0252. The van der Waals surface area contributed by atoms with E-state index >= 15 is 0 Å². The molecule has 0 radical (unpaired) electrons. The summed E-state index contributed by atoms with van der Waals surface area (Å²) >= 11 is 0. The predicted octanol–water partition coefficient (Wildman–Crippen LogP) is 2.89. The minimum absolute atomic E-state index is 0.243. The number of piperidine rings is 1. The average molecular weight is 239 g/mol. The maximum atomic E-state index is 12.1. The lowest BCUT2D eigenvalue weighted by atomic mass is 10.1. The lowest BCUT2D eigenvalue weighted by Crippen LogP contribution is -2.40. The minimum Gasteiger partial charge on any atom is -0.503 e. The van der Waals surface area contributed by atoms with E-state index in [0.29, 0.717) is 12.0 Å². The quantitative estimate of drug-likeness (QED) is 0.660. The number of hydrogen-bond donors (Lipinski definition) is 0. The molecule has 17 heavy (non-hydrogen) atoms. The van der Waals surface area contributed by atoms with E-state index in [0.717, 1.165) is 25.0 Å². The summed E-state index contributed by atoms with van der Waals surface area (Å²) in [5.41, 5.74) is 0.537. The highest BCUT2D eigenvalue weighted by atomic mass is 16.6. The number of carbonyl (C=O) groups is 1. The van der Waals surface area contributed by atoms with Crippen molar-refractivity contribution in [1.29, 1.82) is 0 Å². The smallest absolute Gasteiger partial charge is 0.414 e. The maximum Gasteiger partial charge on any atom is 0.414 e. The van der Waals surface area contributed by atoms with E-state index in [1.54, 1.807) is 18.3 Å². The van der Waals surface area contributed by atoms with Gasteiger partial charge in [0.2, 0.25) is 0 Å². The van der Waals surface area contributed by atoms with Gasteiger partial charge in [-0.25, -0.2) is 4.79 Å². The van der Waals surface area contributed by atoms with Gasteiger partial charge in [-0.2, -0.15) is 0 Å². The number of carbonyl (C=O) groups excluding carboxylic acids is 1. The monoisotopic (exact) mass is 239 g/mol. The van der Waals surface area contributed by atoms with Crippen LogP contribution in [0.1, 0.15) is 40.0 Å². The van der Waals surface area contributed by atoms with Gasteiger partial charge in [0.1, 0.15) is 11.9 Å². The molecule has 1 aliphatic carbocycles. The number of ether oxygens (including phenoxy) is 2. The molecule has 4 heteroatoms. The normalized spacial score (nSPS) is 29.9. The molecule has 1 saturated carbocycles. The predicted molar refractivity (Wildman–Crippen MR) is 64.3 cm³/mol. The average Bonchev–Trinajstić information content (AvgIpc) is 2.75. The molecule has 1 amide bonds. The summed E-state index contributed by atoms with van der Waals surface area (Å²) in [4.78, 5) is 13.9. The molecule has 2 rings (SSSR count). The number of nitrogens with zero attached hydrogens (tertiary/aromatic N) is 1. The van der Waals surface area contributed by atoms with Crippen molar-refractivity contribution in [2.75, 3.05) is 7.11 Å². The highest BCUT2D eigenvalue weighted by Crippen LogP contribution is 2.45. The van der Waals surface area contributed by atoms with Crippen LogP contribution in [0.4, 0.5) is 4.79 Å². The molecular weight excluding hydrogens is 218 g/mol. The molecule has 0 aromatic heterocycles. The van der Waals surface area contributed by atoms with Crippen LogP contribution < -0.4 is 0 Å². The molecule has 96 valence electrons. The standard InChI is InChI=1S/C13H21NO3/c1-13(2,3)17-12(15)14-10-6-5-9(7-10)11(14)8-16-4/h8-10H,5-7H2,1-4H3. The second-order valence-corrected chi connectivity index (χ2v) is 5.79. The molecule has 0 spiro atoms. The molecule has 1 aliphatic heterocycles. The first-order valence-corrected chi connectivity index (χ1v) is 6.17. The Hall–Kier alpha value is -1.19. The SMILES string of the molecule is COC=C1C2CCC(C2)N1C(=O)OC(C)(C)C. The van der Waals surface area contributed by atoms with Gasteiger partial charge >= 0.3 is 6.09 Å². The van der Waals surface area contributed by atoms with E-state index in [2.05, 4.69) is 0 Å². The zero-order valence-corrected chi connectivity index (χ0v) is 11.0. The Morgan fingerprint density at radius 3 is 2.71 bits per heavy atom. The van der Waals surface area contributed by atoms with Crippen molar-refractivity contribution in [2.45, 2.75) is 51.7 Å². The van der Waals surface area contributed by atoms with Crippen LogP contribution in [-0.2, 0) is 9.47 Å². The Morgan fingerprint density at radius 1 is 1.41 bits per heavy atom. The van der Waals surface area contributed by atoms with E-state index in [4.69, 9.17) is 9.47 Å². The molecule has 2 atom stereocenters. The molecule has 1 heterocycles. The van der Waals surface area contributed by atoms with Crippen LogP contribution in [0.15, 0.2) is 12.0 Å². The van der Waals surface area contributed by atoms with E-state index in [9.17, 15) is 4.79 Å². The van der Waals surface area contributed by atoms with Gasteiger partial charge in [-0.05, 0) is 40.0 Å². The summed E-state index contributed by atoms with van der Waals surface area (Å²) < 4.78 is 10.5. The van der Waals surface area contributed by atoms with Crippen molar-refractivity contribution >= 4 is 6.09 Å². The highest BCUT2D eigenvalue weighted by Gasteiger charge is 2.46. The fourth-order valence-corrected chi connectivity index (χ4v) is 2.71. The number of fused-ring (bicyclic) bond motifs is 2. The third-order valence-electron chi connectivity index (χ3n) is 3.30. The van der Waals surface area contributed by atoms with Gasteiger partial charge in [0.15, 0.2) is 0 Å². The van der Waals surface area contributed by atoms with Crippen LogP contribution in [0.3, 0.4) is 0 Å². The van der Waals surface area contributed by atoms with Crippen LogP contribution in [0.25, 0.3) is 0 Å². The third kappa shape index (κ3) is 2.40. The van der Waals surface area contributed by atoms with Crippen molar-refractivity contribution in [2.24, 2.45) is 5.92 Å². The number of hydrogen-bond acceptors (Lipinski definition) is 3. The van der Waals surface area contributed by atoms with Gasteiger partial charge < -0.3 is 9.47 Å². The zero-order valence-electron chi connectivity index (χ0n) is 11.0. The summed E-state index contributed by atoms with van der Waals surface area (Å²) in [7, 11) is 1.62.